The number of benzene rings is 4. The highest BCUT2D eigenvalue weighted by Crippen LogP contribution is 2.40. The van der Waals surface area contributed by atoms with E-state index in [0.717, 1.165) is 45.6 Å². The van der Waals surface area contributed by atoms with E-state index < -0.39 is 12.2 Å². The van der Waals surface area contributed by atoms with Gasteiger partial charge < -0.3 is 19.9 Å². The Kier molecular flexibility index (Phi) is 11.8. The lowest BCUT2D eigenvalue weighted by molar-refractivity contribution is -0.245. The molecule has 2 amide bonds. The molecule has 3 atom stereocenters. The van der Waals surface area contributed by atoms with Gasteiger partial charge in [0.05, 0.1) is 18.8 Å². The molecule has 1 aliphatic rings. The zero-order valence-electron chi connectivity index (χ0n) is 24.9. The molecule has 1 saturated heterocycles. The number of hydroxylamine groups is 1. The lowest BCUT2D eigenvalue weighted by atomic mass is 9.97. The molecule has 4 aromatic carbocycles. The molecule has 8 nitrogen and oxygen atoms in total. The van der Waals surface area contributed by atoms with E-state index in [9.17, 15) is 14.7 Å². The molecule has 1 aliphatic heterocycles. The van der Waals surface area contributed by atoms with Crippen LogP contribution in [0.5, 0.6) is 0 Å². The van der Waals surface area contributed by atoms with E-state index in [1.54, 1.807) is 17.2 Å². The van der Waals surface area contributed by atoms with Crippen LogP contribution in [-0.2, 0) is 32.2 Å². The third-order valence-corrected chi connectivity index (χ3v) is 8.86. The van der Waals surface area contributed by atoms with Crippen molar-refractivity contribution in [2.45, 2.75) is 62.2 Å². The number of aliphatic hydroxyl groups is 1. The predicted octanol–water partition coefficient (Wildman–Crippen LogP) is 6.48. The van der Waals surface area contributed by atoms with Gasteiger partial charge in [-0.05, 0) is 46.4 Å². The summed E-state index contributed by atoms with van der Waals surface area (Å²) in [4.78, 5) is 24.7. The zero-order chi connectivity index (χ0) is 31.4. The van der Waals surface area contributed by atoms with Crippen LogP contribution in [-0.4, -0.2) is 34.0 Å². The lowest BCUT2D eigenvalue weighted by Gasteiger charge is -2.36. The minimum atomic E-state index is -0.542. The van der Waals surface area contributed by atoms with Gasteiger partial charge in [-0.2, -0.15) is 0 Å². The molecule has 5 rings (SSSR count). The van der Waals surface area contributed by atoms with Crippen molar-refractivity contribution in [2.75, 3.05) is 5.75 Å². The van der Waals surface area contributed by atoms with Crippen LogP contribution in [0.3, 0.4) is 0 Å². The third kappa shape index (κ3) is 9.26. The number of nitrogens with one attached hydrogen (secondary N) is 2. The van der Waals surface area contributed by atoms with E-state index in [0.29, 0.717) is 13.0 Å². The van der Waals surface area contributed by atoms with E-state index in [4.69, 9.17) is 14.7 Å². The third-order valence-electron chi connectivity index (χ3n) is 7.71. The van der Waals surface area contributed by atoms with Crippen LogP contribution in [0.25, 0.3) is 11.1 Å². The monoisotopic (exact) mass is 626 g/mol. The molecule has 0 unspecified atom stereocenters. The molecule has 45 heavy (non-hydrogen) atoms. The van der Waals surface area contributed by atoms with Gasteiger partial charge in [-0.15, -0.1) is 11.8 Å². The normalized spacial score (nSPS) is 17.9. The number of amides is 2. The van der Waals surface area contributed by atoms with Crippen LogP contribution in [0, 0.1) is 0 Å². The van der Waals surface area contributed by atoms with Gasteiger partial charge in [-0.25, -0.2) is 5.48 Å². The highest BCUT2D eigenvalue weighted by atomic mass is 32.2. The molecule has 0 bridgehead atoms. The van der Waals surface area contributed by atoms with Gasteiger partial charge in [0.1, 0.15) is 0 Å². The zero-order valence-corrected chi connectivity index (χ0v) is 25.7. The van der Waals surface area contributed by atoms with Crippen molar-refractivity contribution >= 4 is 23.6 Å². The van der Waals surface area contributed by atoms with Crippen molar-refractivity contribution in [2.24, 2.45) is 0 Å². The highest BCUT2D eigenvalue weighted by Gasteiger charge is 2.32. The number of ether oxygens (including phenoxy) is 2. The van der Waals surface area contributed by atoms with Crippen LogP contribution >= 0.6 is 11.8 Å². The molecule has 234 valence electrons. The first kappa shape index (κ1) is 32.4. The molecule has 0 aromatic heterocycles. The van der Waals surface area contributed by atoms with Crippen molar-refractivity contribution in [1.29, 1.82) is 0 Å². The summed E-state index contributed by atoms with van der Waals surface area (Å²) in [6.45, 7) is 0.358. The maximum atomic E-state index is 12.3. The summed E-state index contributed by atoms with van der Waals surface area (Å²) in [6.07, 6.45) is 0.638. The number of rotatable bonds is 13. The van der Waals surface area contributed by atoms with Crippen LogP contribution < -0.4 is 10.8 Å². The Hall–Kier alpha value is -3.99. The van der Waals surface area contributed by atoms with Gasteiger partial charge in [-0.1, -0.05) is 91.0 Å². The van der Waals surface area contributed by atoms with E-state index in [2.05, 4.69) is 17.4 Å². The summed E-state index contributed by atoms with van der Waals surface area (Å²) < 4.78 is 13.0. The molecule has 9 heteroatoms. The Labute approximate surface area is 267 Å². The summed E-state index contributed by atoms with van der Waals surface area (Å²) >= 11 is 1.77. The first-order valence-electron chi connectivity index (χ1n) is 15.1. The Balaban J connectivity index is 1.27. The van der Waals surface area contributed by atoms with Gasteiger partial charge in [-0.3, -0.25) is 14.8 Å². The van der Waals surface area contributed by atoms with E-state index in [1.165, 1.54) is 4.90 Å². The highest BCUT2D eigenvalue weighted by molar-refractivity contribution is 7.99. The van der Waals surface area contributed by atoms with Gasteiger partial charge in [0.2, 0.25) is 11.8 Å². The number of hydrogen-bond acceptors (Lipinski definition) is 7. The summed E-state index contributed by atoms with van der Waals surface area (Å²) in [5.41, 5.74) is 7.40. The quantitative estimate of drug-likeness (QED) is 0.0763. The number of hydrogen-bond donors (Lipinski definition) is 4. The number of aliphatic hydroxyl groups excluding tert-OH is 1. The topological polar surface area (TPSA) is 117 Å². The second-order valence-electron chi connectivity index (χ2n) is 10.9. The Morgan fingerprint density at radius 1 is 0.800 bits per heavy atom. The second kappa shape index (κ2) is 16.4. The molecule has 4 aromatic rings. The smallest absolute Gasteiger partial charge is 0.243 e. The molecule has 0 saturated carbocycles. The van der Waals surface area contributed by atoms with Crippen molar-refractivity contribution in [3.8, 4) is 11.1 Å². The molecule has 0 spiro atoms. The van der Waals surface area contributed by atoms with Crippen molar-refractivity contribution in [3.63, 3.8) is 0 Å². The maximum Gasteiger partial charge on any atom is 0.243 e. The minimum absolute atomic E-state index is 0.00123. The van der Waals surface area contributed by atoms with Crippen LogP contribution in [0.4, 0.5) is 0 Å². The minimum Gasteiger partial charge on any atom is -0.392 e. The molecular formula is C36H38N2O6S. The number of carbonyl (C=O) groups excluding carboxylic acids is 2. The lowest BCUT2D eigenvalue weighted by Crippen LogP contribution is -2.31. The molecule has 0 aliphatic carbocycles. The Morgan fingerprint density at radius 2 is 1.49 bits per heavy atom. The van der Waals surface area contributed by atoms with Crippen LogP contribution in [0.15, 0.2) is 108 Å². The largest absolute Gasteiger partial charge is 0.392 e. The average Bonchev–Trinajstić information content (AvgIpc) is 3.10. The SMILES string of the molecule is O=C(CCCC(=O)NCc1ccccc1-c1ccc([C@H]2O[C@@H](CSc3ccccc3)C[C@@H](c3ccc(CO)cc3)O2)cc1)NO. The second-order valence-corrected chi connectivity index (χ2v) is 12.0. The molecular weight excluding hydrogens is 588 g/mol. The fourth-order valence-corrected chi connectivity index (χ4v) is 6.19. The van der Waals surface area contributed by atoms with Crippen LogP contribution in [0.1, 0.15) is 60.3 Å². The summed E-state index contributed by atoms with van der Waals surface area (Å²) in [7, 11) is 0. The van der Waals surface area contributed by atoms with Crippen molar-refractivity contribution in [1.82, 2.24) is 10.8 Å². The predicted molar refractivity (Wildman–Crippen MR) is 173 cm³/mol. The summed E-state index contributed by atoms with van der Waals surface area (Å²) in [5.74, 6) is 0.133. The fourth-order valence-electron chi connectivity index (χ4n) is 5.25. The van der Waals surface area contributed by atoms with Gasteiger partial charge in [0.15, 0.2) is 6.29 Å². The van der Waals surface area contributed by atoms with Crippen molar-refractivity contribution < 1.29 is 29.4 Å². The van der Waals surface area contributed by atoms with Crippen LogP contribution in [0.2, 0.25) is 0 Å². The standard InChI is InChI=1S/C36H38N2O6S/c39-23-25-13-15-27(16-14-25)33-21-30(24-45-31-8-2-1-3-9-31)43-36(44-33)28-19-17-26(18-20-28)32-10-5-4-7-29(32)22-37-34(40)11-6-12-35(41)38-42/h1-5,7-10,13-20,30,33,36,39,42H,6,11-12,21-24H2,(H,37,40)(H,38,41)/t30-,33+,36+/m1/s1. The Bertz CT molecular complexity index is 1530. The van der Waals surface area contributed by atoms with Gasteiger partial charge in [0, 0.05) is 42.0 Å². The molecule has 0 radical (unpaired) electrons. The maximum absolute atomic E-state index is 12.3. The fraction of sp³-hybridized carbons (Fsp3) is 0.278. The van der Waals surface area contributed by atoms with Crippen molar-refractivity contribution in [3.05, 3.63) is 125 Å². The summed E-state index contributed by atoms with van der Waals surface area (Å²) in [5, 5.41) is 21.0. The Morgan fingerprint density at radius 3 is 2.22 bits per heavy atom. The summed E-state index contributed by atoms with van der Waals surface area (Å²) in [6, 6.07) is 34.3. The first-order chi connectivity index (χ1) is 22.0. The van der Waals surface area contributed by atoms with E-state index in [-0.39, 0.29) is 37.6 Å². The van der Waals surface area contributed by atoms with Gasteiger partial charge >= 0.3 is 0 Å². The molecule has 4 N–H and O–H groups in total. The molecule has 1 heterocycles. The average molecular weight is 627 g/mol. The first-order valence-corrected chi connectivity index (χ1v) is 16.1. The molecule has 1 fully saturated rings. The van der Waals surface area contributed by atoms with Gasteiger partial charge in [0.25, 0.3) is 0 Å². The van der Waals surface area contributed by atoms with E-state index >= 15 is 0 Å². The van der Waals surface area contributed by atoms with E-state index in [1.807, 2.05) is 91.0 Å². The number of carbonyl (C=O) groups is 2. The number of thioether (sulfide) groups is 1.